The van der Waals surface area contributed by atoms with Gasteiger partial charge in [-0.15, -0.1) is 0 Å². The molecule has 3 rings (SSSR count). The highest BCUT2D eigenvalue weighted by Crippen LogP contribution is 2.27. The maximum Gasteiger partial charge on any atom is 0.253 e. The van der Waals surface area contributed by atoms with Gasteiger partial charge in [-0.05, 0) is 12.0 Å². The summed E-state index contributed by atoms with van der Waals surface area (Å²) in [5.41, 5.74) is 1.33. The van der Waals surface area contributed by atoms with E-state index in [-0.39, 0.29) is 12.0 Å². The molecule has 1 N–H and O–H groups in total. The third kappa shape index (κ3) is 2.80. The topological polar surface area (TPSA) is 41.6 Å². The van der Waals surface area contributed by atoms with Crippen molar-refractivity contribution in [3.8, 4) is 0 Å². The van der Waals surface area contributed by atoms with Gasteiger partial charge in [-0.2, -0.15) is 0 Å². The zero-order chi connectivity index (χ0) is 13.1. The summed E-state index contributed by atoms with van der Waals surface area (Å²) >= 11 is 0. The standard InChI is InChI=1S/C15H20N2O2/c18-15(14-10-16-7-9-19-14)17-8-6-13(11-17)12-4-2-1-3-5-12/h1-5,13-14,16H,6-11H2. The maximum absolute atomic E-state index is 12.3. The van der Waals surface area contributed by atoms with Crippen molar-refractivity contribution in [2.24, 2.45) is 0 Å². The lowest BCUT2D eigenvalue weighted by molar-refractivity contribution is -0.144. The number of nitrogens with one attached hydrogen (secondary N) is 1. The first-order valence-corrected chi connectivity index (χ1v) is 7.00. The lowest BCUT2D eigenvalue weighted by Gasteiger charge is -2.27. The van der Waals surface area contributed by atoms with E-state index in [1.165, 1.54) is 5.56 Å². The highest BCUT2D eigenvalue weighted by Gasteiger charge is 2.32. The fourth-order valence-corrected chi connectivity index (χ4v) is 2.89. The van der Waals surface area contributed by atoms with Crippen molar-refractivity contribution in [2.75, 3.05) is 32.8 Å². The molecule has 2 unspecified atom stereocenters. The summed E-state index contributed by atoms with van der Waals surface area (Å²) in [6.07, 6.45) is 0.763. The SMILES string of the molecule is O=C(C1CNCCO1)N1CCC(c2ccccc2)C1. The smallest absolute Gasteiger partial charge is 0.253 e. The number of benzene rings is 1. The number of morpholine rings is 1. The van der Waals surface area contributed by atoms with Gasteiger partial charge in [0.25, 0.3) is 5.91 Å². The molecule has 0 radical (unpaired) electrons. The van der Waals surface area contributed by atoms with Crippen LogP contribution in [0.3, 0.4) is 0 Å². The van der Waals surface area contributed by atoms with Gasteiger partial charge >= 0.3 is 0 Å². The monoisotopic (exact) mass is 260 g/mol. The van der Waals surface area contributed by atoms with Crippen molar-refractivity contribution in [1.82, 2.24) is 10.2 Å². The number of amides is 1. The normalized spacial score (nSPS) is 27.5. The first-order valence-electron chi connectivity index (χ1n) is 7.00. The summed E-state index contributed by atoms with van der Waals surface area (Å²) in [5, 5.41) is 3.21. The van der Waals surface area contributed by atoms with Crippen molar-refractivity contribution >= 4 is 5.91 Å². The summed E-state index contributed by atoms with van der Waals surface area (Å²) in [7, 11) is 0. The molecule has 2 fully saturated rings. The molecule has 4 nitrogen and oxygen atoms in total. The Kier molecular flexibility index (Phi) is 3.80. The summed E-state index contributed by atoms with van der Waals surface area (Å²) in [4.78, 5) is 14.3. The first-order chi connectivity index (χ1) is 9.34. The molecule has 1 amide bonds. The van der Waals surface area contributed by atoms with Crippen molar-refractivity contribution < 1.29 is 9.53 Å². The van der Waals surface area contributed by atoms with Crippen molar-refractivity contribution in [2.45, 2.75) is 18.4 Å². The van der Waals surface area contributed by atoms with E-state index in [1.54, 1.807) is 0 Å². The number of likely N-dealkylation sites (tertiary alicyclic amines) is 1. The summed E-state index contributed by atoms with van der Waals surface area (Å²) in [5.74, 6) is 0.618. The molecule has 2 atom stereocenters. The van der Waals surface area contributed by atoms with Crippen molar-refractivity contribution in [3.05, 3.63) is 35.9 Å². The van der Waals surface area contributed by atoms with Crippen LogP contribution in [0, 0.1) is 0 Å². The fraction of sp³-hybridized carbons (Fsp3) is 0.533. The Balaban J connectivity index is 1.61. The van der Waals surface area contributed by atoms with Crippen molar-refractivity contribution in [3.63, 3.8) is 0 Å². The second-order valence-corrected chi connectivity index (χ2v) is 5.24. The molecule has 2 heterocycles. The van der Waals surface area contributed by atoms with Gasteiger partial charge in [-0.25, -0.2) is 0 Å². The molecule has 1 aromatic rings. The number of carbonyl (C=O) groups is 1. The molecule has 4 heteroatoms. The Labute approximate surface area is 113 Å². The highest BCUT2D eigenvalue weighted by molar-refractivity contribution is 5.81. The Bertz CT molecular complexity index is 429. The number of ether oxygens (including phenoxy) is 1. The second-order valence-electron chi connectivity index (χ2n) is 5.24. The van der Waals surface area contributed by atoms with E-state index in [9.17, 15) is 4.79 Å². The van der Waals surface area contributed by atoms with Gasteiger partial charge in [-0.1, -0.05) is 30.3 Å². The van der Waals surface area contributed by atoms with Crippen LogP contribution >= 0.6 is 0 Å². The Morgan fingerprint density at radius 3 is 2.89 bits per heavy atom. The molecule has 2 saturated heterocycles. The molecule has 0 aliphatic carbocycles. The molecule has 2 aliphatic heterocycles. The quantitative estimate of drug-likeness (QED) is 0.862. The minimum absolute atomic E-state index is 0.144. The second kappa shape index (κ2) is 5.72. The van der Waals surface area contributed by atoms with Gasteiger partial charge in [0, 0.05) is 32.1 Å². The molecule has 1 aromatic carbocycles. The van der Waals surface area contributed by atoms with E-state index in [4.69, 9.17) is 4.74 Å². The van der Waals surface area contributed by atoms with Gasteiger partial charge in [0.15, 0.2) is 0 Å². The van der Waals surface area contributed by atoms with Crippen LogP contribution in [0.2, 0.25) is 0 Å². The van der Waals surface area contributed by atoms with Crippen LogP contribution < -0.4 is 5.32 Å². The molecule has 0 saturated carbocycles. The van der Waals surface area contributed by atoms with E-state index < -0.39 is 0 Å². The minimum atomic E-state index is -0.289. The molecule has 0 spiro atoms. The summed E-state index contributed by atoms with van der Waals surface area (Å²) in [6, 6.07) is 10.5. The summed E-state index contributed by atoms with van der Waals surface area (Å²) in [6.45, 7) is 3.79. The van der Waals surface area contributed by atoms with Gasteiger partial charge < -0.3 is 15.0 Å². The zero-order valence-electron chi connectivity index (χ0n) is 11.0. The first kappa shape index (κ1) is 12.6. The zero-order valence-corrected chi connectivity index (χ0v) is 11.0. The Hall–Kier alpha value is -1.39. The average Bonchev–Trinajstić information content (AvgIpc) is 2.98. The maximum atomic E-state index is 12.3. The van der Waals surface area contributed by atoms with E-state index in [2.05, 4.69) is 29.6 Å². The Morgan fingerprint density at radius 1 is 1.32 bits per heavy atom. The van der Waals surface area contributed by atoms with Crippen LogP contribution in [0.4, 0.5) is 0 Å². The van der Waals surface area contributed by atoms with E-state index in [0.717, 1.165) is 26.1 Å². The van der Waals surface area contributed by atoms with Crippen molar-refractivity contribution in [1.29, 1.82) is 0 Å². The number of rotatable bonds is 2. The molecular formula is C15H20N2O2. The van der Waals surface area contributed by atoms with Gasteiger partial charge in [0.2, 0.25) is 0 Å². The van der Waals surface area contributed by atoms with E-state index in [0.29, 0.717) is 19.1 Å². The van der Waals surface area contributed by atoms with Crippen LogP contribution in [-0.4, -0.2) is 49.7 Å². The van der Waals surface area contributed by atoms with Crippen LogP contribution in [-0.2, 0) is 9.53 Å². The number of nitrogens with zero attached hydrogens (tertiary/aromatic N) is 1. The third-order valence-electron chi connectivity index (χ3n) is 3.97. The highest BCUT2D eigenvalue weighted by atomic mass is 16.5. The predicted molar refractivity (Wildman–Crippen MR) is 73.0 cm³/mol. The average molecular weight is 260 g/mol. The minimum Gasteiger partial charge on any atom is -0.366 e. The molecule has 19 heavy (non-hydrogen) atoms. The van der Waals surface area contributed by atoms with Gasteiger partial charge in [0.1, 0.15) is 6.10 Å². The summed E-state index contributed by atoms with van der Waals surface area (Å²) < 4.78 is 5.54. The molecule has 2 aliphatic rings. The van der Waals surface area contributed by atoms with Crippen LogP contribution in [0.1, 0.15) is 17.9 Å². The van der Waals surface area contributed by atoms with Crippen LogP contribution in [0.15, 0.2) is 30.3 Å². The lowest BCUT2D eigenvalue weighted by atomic mass is 9.99. The molecule has 0 aromatic heterocycles. The fourth-order valence-electron chi connectivity index (χ4n) is 2.89. The van der Waals surface area contributed by atoms with Crippen LogP contribution in [0.25, 0.3) is 0 Å². The van der Waals surface area contributed by atoms with E-state index >= 15 is 0 Å². The number of hydrogen-bond acceptors (Lipinski definition) is 3. The third-order valence-corrected chi connectivity index (χ3v) is 3.97. The predicted octanol–water partition coefficient (Wildman–Crippen LogP) is 0.991. The van der Waals surface area contributed by atoms with Gasteiger partial charge in [-0.3, -0.25) is 4.79 Å². The lowest BCUT2D eigenvalue weighted by Crippen LogP contribution is -2.48. The molecule has 0 bridgehead atoms. The molecular weight excluding hydrogens is 240 g/mol. The molecule has 102 valence electrons. The largest absolute Gasteiger partial charge is 0.366 e. The van der Waals surface area contributed by atoms with E-state index in [1.807, 2.05) is 11.0 Å². The Morgan fingerprint density at radius 2 is 2.16 bits per heavy atom. The number of hydrogen-bond donors (Lipinski definition) is 1. The van der Waals surface area contributed by atoms with Crippen LogP contribution in [0.5, 0.6) is 0 Å². The number of carbonyl (C=O) groups excluding carboxylic acids is 1. The van der Waals surface area contributed by atoms with Gasteiger partial charge in [0.05, 0.1) is 6.61 Å².